The molecule has 45 heavy (non-hydrogen) atoms. The summed E-state index contributed by atoms with van der Waals surface area (Å²) in [5, 5.41) is 61.5. The average molecular weight is 660 g/mol. The summed E-state index contributed by atoms with van der Waals surface area (Å²) in [6.07, 6.45) is 14.9. The quantitative estimate of drug-likeness (QED) is 0.0627. The van der Waals surface area contributed by atoms with E-state index in [-0.39, 0.29) is 18.3 Å². The van der Waals surface area contributed by atoms with Crippen molar-refractivity contribution in [2.45, 2.75) is 160 Å². The van der Waals surface area contributed by atoms with E-state index >= 15 is 0 Å². The van der Waals surface area contributed by atoms with E-state index < -0.39 is 43.0 Å². The number of carbonyl (C=O) groups excluding carboxylic acids is 2. The van der Waals surface area contributed by atoms with Crippen molar-refractivity contribution in [1.29, 1.82) is 0 Å². The highest BCUT2D eigenvalue weighted by Crippen LogP contribution is 2.15. The molecule has 0 aliphatic carbocycles. The molecule has 0 bridgehead atoms. The van der Waals surface area contributed by atoms with E-state index in [2.05, 4.69) is 27.9 Å². The van der Waals surface area contributed by atoms with Gasteiger partial charge in [0.15, 0.2) is 5.82 Å². The number of aromatic nitrogens is 3. The molecule has 1 heterocycles. The second kappa shape index (κ2) is 26.3. The molecule has 0 radical (unpaired) electrons. The molecule has 0 unspecified atom stereocenters. The van der Waals surface area contributed by atoms with E-state index in [4.69, 9.17) is 5.11 Å². The highest BCUT2D eigenvalue weighted by Gasteiger charge is 2.30. The number of amides is 2. The fourth-order valence-corrected chi connectivity index (χ4v) is 5.90. The van der Waals surface area contributed by atoms with Crippen LogP contribution >= 0.6 is 11.8 Å². The molecule has 13 heteroatoms. The fraction of sp³-hybridized carbons (Fsp3) is 0.875. The number of aliphatic hydroxyl groups excluding tert-OH is 5. The number of unbranched alkanes of at least 4 members (excludes halogenated alkanes) is 14. The highest BCUT2D eigenvalue weighted by molar-refractivity contribution is 7.99. The minimum atomic E-state index is -1.76. The normalized spacial score (nSPS) is 14.9. The molecule has 5 atom stereocenters. The van der Waals surface area contributed by atoms with Gasteiger partial charge in [-0.1, -0.05) is 109 Å². The van der Waals surface area contributed by atoms with Crippen LogP contribution in [0.4, 0.5) is 5.82 Å². The van der Waals surface area contributed by atoms with Gasteiger partial charge in [-0.25, -0.2) is 4.68 Å². The van der Waals surface area contributed by atoms with Gasteiger partial charge in [0.1, 0.15) is 30.5 Å². The Morgan fingerprint density at radius 2 is 1.33 bits per heavy atom. The predicted molar refractivity (Wildman–Crippen MR) is 179 cm³/mol. The molecule has 0 saturated heterocycles. The van der Waals surface area contributed by atoms with Crippen molar-refractivity contribution in [2.75, 3.05) is 23.4 Å². The van der Waals surface area contributed by atoms with Crippen LogP contribution in [0.5, 0.6) is 0 Å². The molecule has 2 amide bonds. The van der Waals surface area contributed by atoms with Gasteiger partial charge in [-0.05, 0) is 18.6 Å². The molecule has 1 aromatic rings. The van der Waals surface area contributed by atoms with Gasteiger partial charge in [-0.3, -0.25) is 9.59 Å². The maximum atomic E-state index is 13.0. The first-order valence-corrected chi connectivity index (χ1v) is 18.3. The molecule has 1 rings (SSSR count). The van der Waals surface area contributed by atoms with Crippen molar-refractivity contribution in [1.82, 2.24) is 20.3 Å². The monoisotopic (exact) mass is 659 g/mol. The first-order chi connectivity index (χ1) is 21.7. The second-order valence-corrected chi connectivity index (χ2v) is 13.2. The van der Waals surface area contributed by atoms with Gasteiger partial charge < -0.3 is 36.2 Å². The van der Waals surface area contributed by atoms with Crippen LogP contribution in [0.2, 0.25) is 0 Å². The molecular weight excluding hydrogens is 598 g/mol. The number of aliphatic hydroxyl groups is 5. The second-order valence-electron chi connectivity index (χ2n) is 12.0. The molecule has 0 aliphatic heterocycles. The van der Waals surface area contributed by atoms with E-state index in [0.717, 1.165) is 36.1 Å². The maximum absolute atomic E-state index is 13.0. The Morgan fingerprint density at radius 3 is 1.87 bits per heavy atom. The summed E-state index contributed by atoms with van der Waals surface area (Å²) in [5.41, 5.74) is 0. The number of hydrogen-bond donors (Lipinski definition) is 7. The molecule has 0 saturated carbocycles. The standard InChI is InChI=1S/C32H61N5O7S/c1-3-5-6-7-8-9-10-11-12-13-14-15-16-17-18-19-29(41)33-25(24-45-20-4-2)32(44)34-28-22-37(36-35-28)21-26(39)30(42)31(43)27(40)23-38/h22,25-27,30-31,38-40,42-43H,3-21,23-24H2,1-2H3,(H,33,41)(H,34,44)/t25-,26+,27-,30+,31-/m1/s1. The Morgan fingerprint density at radius 1 is 0.800 bits per heavy atom. The highest BCUT2D eigenvalue weighted by atomic mass is 32.2. The Balaban J connectivity index is 2.35. The van der Waals surface area contributed by atoms with E-state index in [1.54, 1.807) is 11.8 Å². The summed E-state index contributed by atoms with van der Waals surface area (Å²) >= 11 is 1.58. The van der Waals surface area contributed by atoms with Gasteiger partial charge in [0.05, 0.1) is 19.3 Å². The van der Waals surface area contributed by atoms with E-state index in [9.17, 15) is 30.0 Å². The summed E-state index contributed by atoms with van der Waals surface area (Å²) in [6.45, 7) is 3.23. The van der Waals surface area contributed by atoms with Crippen molar-refractivity contribution in [3.63, 3.8) is 0 Å². The van der Waals surface area contributed by atoms with Crippen LogP contribution in [0, 0.1) is 0 Å². The largest absolute Gasteiger partial charge is 0.394 e. The first kappa shape index (κ1) is 41.3. The molecule has 0 aliphatic rings. The zero-order valence-electron chi connectivity index (χ0n) is 27.6. The number of nitrogens with zero attached hydrogens (tertiary/aromatic N) is 3. The SMILES string of the molecule is CCCCCCCCCCCCCCCCCC(=O)N[C@H](CSCCC)C(=O)Nc1cn(C[C@H](O)[C@H](O)[C@H](O)[C@H](O)CO)nn1. The van der Waals surface area contributed by atoms with Gasteiger partial charge in [-0.2, -0.15) is 11.8 Å². The van der Waals surface area contributed by atoms with Crippen molar-refractivity contribution >= 4 is 29.4 Å². The lowest BCUT2D eigenvalue weighted by molar-refractivity contribution is -0.126. The van der Waals surface area contributed by atoms with Gasteiger partial charge in [0, 0.05) is 12.2 Å². The summed E-state index contributed by atoms with van der Waals surface area (Å²) in [4.78, 5) is 25.7. The van der Waals surface area contributed by atoms with Crippen LogP contribution in [0.25, 0.3) is 0 Å². The van der Waals surface area contributed by atoms with E-state index in [1.807, 2.05) is 6.92 Å². The Labute approximate surface area is 274 Å². The van der Waals surface area contributed by atoms with Crippen LogP contribution in [-0.2, 0) is 16.1 Å². The fourth-order valence-electron chi connectivity index (χ4n) is 4.97. The number of anilines is 1. The number of thioether (sulfide) groups is 1. The minimum Gasteiger partial charge on any atom is -0.394 e. The Kier molecular flexibility index (Phi) is 24.1. The van der Waals surface area contributed by atoms with Crippen LogP contribution in [-0.4, -0.2) is 101 Å². The molecule has 0 fully saturated rings. The van der Waals surface area contributed by atoms with Crippen molar-refractivity contribution in [3.05, 3.63) is 6.20 Å². The van der Waals surface area contributed by atoms with E-state index in [0.29, 0.717) is 12.2 Å². The molecule has 262 valence electrons. The maximum Gasteiger partial charge on any atom is 0.249 e. The minimum absolute atomic E-state index is 0.0970. The Hall–Kier alpha value is -1.77. The van der Waals surface area contributed by atoms with Gasteiger partial charge in [0.2, 0.25) is 11.8 Å². The summed E-state index contributed by atoms with van der Waals surface area (Å²) in [7, 11) is 0. The Bertz CT molecular complexity index is 894. The number of hydrogen-bond acceptors (Lipinski definition) is 10. The van der Waals surface area contributed by atoms with Crippen molar-refractivity contribution in [2.24, 2.45) is 0 Å². The molecule has 0 aromatic carbocycles. The van der Waals surface area contributed by atoms with Gasteiger partial charge in [0.25, 0.3) is 0 Å². The first-order valence-electron chi connectivity index (χ1n) is 17.1. The molecule has 1 aromatic heterocycles. The topological polar surface area (TPSA) is 190 Å². The third kappa shape index (κ3) is 19.5. The molecule has 0 spiro atoms. The van der Waals surface area contributed by atoms with Gasteiger partial charge >= 0.3 is 0 Å². The lowest BCUT2D eigenvalue weighted by Gasteiger charge is -2.25. The number of rotatable bonds is 29. The lowest BCUT2D eigenvalue weighted by Crippen LogP contribution is -2.47. The summed E-state index contributed by atoms with van der Waals surface area (Å²) < 4.78 is 1.16. The third-order valence-electron chi connectivity index (χ3n) is 7.78. The number of carbonyl (C=O) groups is 2. The molecule has 12 nitrogen and oxygen atoms in total. The van der Waals surface area contributed by atoms with Crippen LogP contribution in [0.15, 0.2) is 6.20 Å². The lowest BCUT2D eigenvalue weighted by atomic mass is 10.0. The van der Waals surface area contributed by atoms with Crippen LogP contribution < -0.4 is 10.6 Å². The smallest absolute Gasteiger partial charge is 0.249 e. The third-order valence-corrected chi connectivity index (χ3v) is 9.05. The molecule has 7 N–H and O–H groups in total. The van der Waals surface area contributed by atoms with Crippen molar-refractivity contribution < 1.29 is 35.1 Å². The number of nitrogens with one attached hydrogen (secondary N) is 2. The van der Waals surface area contributed by atoms with Crippen molar-refractivity contribution in [3.8, 4) is 0 Å². The van der Waals surface area contributed by atoms with Crippen LogP contribution in [0.1, 0.15) is 123 Å². The zero-order chi connectivity index (χ0) is 33.3. The average Bonchev–Trinajstić information content (AvgIpc) is 3.47. The van der Waals surface area contributed by atoms with Crippen LogP contribution in [0.3, 0.4) is 0 Å². The molecular formula is C32H61N5O7S. The van der Waals surface area contributed by atoms with E-state index in [1.165, 1.54) is 83.2 Å². The predicted octanol–water partition coefficient (Wildman–Crippen LogP) is 3.54. The summed E-state index contributed by atoms with van der Waals surface area (Å²) in [6, 6.07) is -0.752. The zero-order valence-corrected chi connectivity index (χ0v) is 28.4. The van der Waals surface area contributed by atoms with Gasteiger partial charge in [-0.15, -0.1) is 5.10 Å². The summed E-state index contributed by atoms with van der Waals surface area (Å²) in [5.74, 6) is 0.768.